The van der Waals surface area contributed by atoms with E-state index in [1.54, 1.807) is 6.92 Å². The van der Waals surface area contributed by atoms with Gasteiger partial charge in [-0.05, 0) is 13.3 Å². The topological polar surface area (TPSA) is 43.4 Å². The summed E-state index contributed by atoms with van der Waals surface area (Å²) in [5, 5.41) is 0. The summed E-state index contributed by atoms with van der Waals surface area (Å²) in [4.78, 5) is 23.2. The van der Waals surface area contributed by atoms with E-state index in [-0.39, 0.29) is 5.78 Å². The molecule has 0 aromatic heterocycles. The van der Waals surface area contributed by atoms with Gasteiger partial charge >= 0.3 is 5.97 Å². The molecular weight excluding hydrogens is 180 g/mol. The molecule has 0 aromatic rings. The Hall–Kier alpha value is -0.860. The predicted octanol–water partition coefficient (Wildman–Crippen LogP) is 2.19. The van der Waals surface area contributed by atoms with Crippen molar-refractivity contribution >= 4 is 11.8 Å². The lowest BCUT2D eigenvalue weighted by Gasteiger charge is -2.22. The zero-order chi connectivity index (χ0) is 11.4. The largest absolute Gasteiger partial charge is 0.465 e. The van der Waals surface area contributed by atoms with Gasteiger partial charge in [0.1, 0.15) is 5.92 Å². The molecule has 3 heteroatoms. The minimum Gasteiger partial charge on any atom is -0.465 e. The number of carbonyl (C=O) groups is 2. The van der Waals surface area contributed by atoms with E-state index in [1.165, 1.54) is 0 Å². The highest BCUT2D eigenvalue weighted by Crippen LogP contribution is 2.23. The van der Waals surface area contributed by atoms with E-state index in [9.17, 15) is 9.59 Å². The molecule has 0 aromatic carbocycles. The van der Waals surface area contributed by atoms with Crippen LogP contribution in [-0.4, -0.2) is 18.4 Å². The van der Waals surface area contributed by atoms with Crippen molar-refractivity contribution in [3.05, 3.63) is 0 Å². The van der Waals surface area contributed by atoms with Crippen LogP contribution in [0, 0.1) is 11.3 Å². The fourth-order valence-electron chi connectivity index (χ4n) is 1.22. The van der Waals surface area contributed by atoms with E-state index in [0.29, 0.717) is 13.0 Å². The number of esters is 1. The SMILES string of the molecule is CCOC(=O)C(CC)C(=O)C(C)(C)C. The summed E-state index contributed by atoms with van der Waals surface area (Å²) in [6.45, 7) is 9.34. The van der Waals surface area contributed by atoms with Gasteiger partial charge in [0.25, 0.3) is 0 Å². The van der Waals surface area contributed by atoms with E-state index in [4.69, 9.17) is 4.74 Å². The van der Waals surface area contributed by atoms with Crippen LogP contribution in [0.25, 0.3) is 0 Å². The molecule has 0 spiro atoms. The minimum absolute atomic E-state index is 0.0431. The van der Waals surface area contributed by atoms with Crippen LogP contribution in [0.5, 0.6) is 0 Å². The molecule has 0 aliphatic rings. The number of carbonyl (C=O) groups excluding carboxylic acids is 2. The number of ketones is 1. The highest BCUT2D eigenvalue weighted by molar-refractivity contribution is 6.01. The lowest BCUT2D eigenvalue weighted by molar-refractivity contribution is -0.153. The highest BCUT2D eigenvalue weighted by atomic mass is 16.5. The molecule has 0 bridgehead atoms. The average Bonchev–Trinajstić information content (AvgIpc) is 2.04. The first-order valence-electron chi connectivity index (χ1n) is 5.05. The zero-order valence-electron chi connectivity index (χ0n) is 9.72. The van der Waals surface area contributed by atoms with E-state index in [0.717, 1.165) is 0 Å². The number of hydrogen-bond acceptors (Lipinski definition) is 3. The van der Waals surface area contributed by atoms with Gasteiger partial charge in [0.2, 0.25) is 0 Å². The standard InChI is InChI=1S/C11H20O3/c1-6-8(10(13)14-7-2)9(12)11(3,4)5/h8H,6-7H2,1-5H3. The van der Waals surface area contributed by atoms with Gasteiger partial charge in [0.05, 0.1) is 6.61 Å². The van der Waals surface area contributed by atoms with Crippen molar-refractivity contribution in [2.75, 3.05) is 6.61 Å². The van der Waals surface area contributed by atoms with Gasteiger partial charge in [0.15, 0.2) is 5.78 Å². The van der Waals surface area contributed by atoms with E-state index in [2.05, 4.69) is 0 Å². The van der Waals surface area contributed by atoms with Crippen LogP contribution in [0.4, 0.5) is 0 Å². The van der Waals surface area contributed by atoms with Crippen LogP contribution in [0.1, 0.15) is 41.0 Å². The molecule has 0 aliphatic carbocycles. The molecule has 82 valence electrons. The first kappa shape index (κ1) is 13.1. The average molecular weight is 200 g/mol. The monoisotopic (exact) mass is 200 g/mol. The second-order valence-electron chi connectivity index (χ2n) is 4.33. The molecule has 0 heterocycles. The van der Waals surface area contributed by atoms with E-state index >= 15 is 0 Å². The molecule has 0 rings (SSSR count). The molecule has 0 saturated carbocycles. The Morgan fingerprint density at radius 1 is 1.21 bits per heavy atom. The van der Waals surface area contributed by atoms with Crippen molar-refractivity contribution in [3.8, 4) is 0 Å². The van der Waals surface area contributed by atoms with Crippen molar-refractivity contribution in [1.82, 2.24) is 0 Å². The molecule has 1 unspecified atom stereocenters. The summed E-state index contributed by atoms with van der Waals surface area (Å²) in [5.41, 5.74) is -0.479. The maximum Gasteiger partial charge on any atom is 0.316 e. The summed E-state index contributed by atoms with van der Waals surface area (Å²) >= 11 is 0. The van der Waals surface area contributed by atoms with Crippen molar-refractivity contribution in [2.24, 2.45) is 11.3 Å². The zero-order valence-corrected chi connectivity index (χ0v) is 9.72. The fraction of sp³-hybridized carbons (Fsp3) is 0.818. The molecule has 0 fully saturated rings. The predicted molar refractivity (Wildman–Crippen MR) is 54.9 cm³/mol. The van der Waals surface area contributed by atoms with Crippen molar-refractivity contribution < 1.29 is 14.3 Å². The maximum atomic E-state index is 11.8. The van der Waals surface area contributed by atoms with Crippen LogP contribution in [0.15, 0.2) is 0 Å². The number of ether oxygens (including phenoxy) is 1. The van der Waals surface area contributed by atoms with Gasteiger partial charge in [0, 0.05) is 5.41 Å². The third-order valence-corrected chi connectivity index (χ3v) is 2.04. The number of rotatable bonds is 4. The number of Topliss-reactive ketones (excluding diaryl/α,β-unsaturated/α-hetero) is 1. The Labute approximate surface area is 85.8 Å². The summed E-state index contributed by atoms with van der Waals surface area (Å²) in [5.74, 6) is -1.04. The second kappa shape index (κ2) is 5.13. The quantitative estimate of drug-likeness (QED) is 0.516. The molecule has 14 heavy (non-hydrogen) atoms. The fourth-order valence-corrected chi connectivity index (χ4v) is 1.22. The molecule has 3 nitrogen and oxygen atoms in total. The first-order chi connectivity index (χ1) is 6.34. The van der Waals surface area contributed by atoms with Gasteiger partial charge in [-0.2, -0.15) is 0 Å². The summed E-state index contributed by atoms with van der Waals surface area (Å²) in [7, 11) is 0. The molecule has 0 aliphatic heterocycles. The van der Waals surface area contributed by atoms with Crippen molar-refractivity contribution in [3.63, 3.8) is 0 Å². The third-order valence-electron chi connectivity index (χ3n) is 2.04. The van der Waals surface area contributed by atoms with Crippen molar-refractivity contribution in [1.29, 1.82) is 0 Å². The lowest BCUT2D eigenvalue weighted by atomic mass is 9.82. The van der Waals surface area contributed by atoms with Gasteiger partial charge in [-0.3, -0.25) is 9.59 Å². The summed E-state index contributed by atoms with van der Waals surface area (Å²) < 4.78 is 4.85. The Kier molecular flexibility index (Phi) is 4.81. The molecule has 0 amide bonds. The van der Waals surface area contributed by atoms with Crippen molar-refractivity contribution in [2.45, 2.75) is 41.0 Å². The Morgan fingerprint density at radius 3 is 2.00 bits per heavy atom. The van der Waals surface area contributed by atoms with Crippen LogP contribution in [0.3, 0.4) is 0 Å². The van der Waals surface area contributed by atoms with Crippen LogP contribution in [0.2, 0.25) is 0 Å². The molecule has 1 atom stereocenters. The third kappa shape index (κ3) is 3.48. The smallest absolute Gasteiger partial charge is 0.316 e. The van der Waals surface area contributed by atoms with Crippen LogP contribution < -0.4 is 0 Å². The van der Waals surface area contributed by atoms with Gasteiger partial charge in [-0.1, -0.05) is 27.7 Å². The number of hydrogen-bond donors (Lipinski definition) is 0. The lowest BCUT2D eigenvalue weighted by Crippen LogP contribution is -2.34. The van der Waals surface area contributed by atoms with Gasteiger partial charge in [-0.15, -0.1) is 0 Å². The molecule has 0 N–H and O–H groups in total. The molecular formula is C11H20O3. The Balaban J connectivity index is 4.57. The van der Waals surface area contributed by atoms with E-state index < -0.39 is 17.3 Å². The highest BCUT2D eigenvalue weighted by Gasteiger charge is 2.33. The van der Waals surface area contributed by atoms with Gasteiger partial charge in [-0.25, -0.2) is 0 Å². The first-order valence-corrected chi connectivity index (χ1v) is 5.05. The summed E-state index contributed by atoms with van der Waals surface area (Å²) in [6, 6.07) is 0. The normalized spacial score (nSPS) is 13.5. The molecule has 0 saturated heterocycles. The minimum atomic E-state index is -0.602. The second-order valence-corrected chi connectivity index (χ2v) is 4.33. The van der Waals surface area contributed by atoms with E-state index in [1.807, 2.05) is 27.7 Å². The van der Waals surface area contributed by atoms with Gasteiger partial charge < -0.3 is 4.74 Å². The summed E-state index contributed by atoms with van der Waals surface area (Å²) in [6.07, 6.45) is 0.509. The Bertz CT molecular complexity index is 213. The molecule has 0 radical (unpaired) electrons. The Morgan fingerprint density at radius 2 is 1.71 bits per heavy atom. The van der Waals surface area contributed by atoms with Crippen LogP contribution in [-0.2, 0) is 14.3 Å². The van der Waals surface area contributed by atoms with Crippen LogP contribution >= 0.6 is 0 Å². The maximum absolute atomic E-state index is 11.8.